The first-order chi connectivity index (χ1) is 6.41. The molecule has 0 rings (SSSR count). The SMILES string of the molecule is C#CCNCCCNCCCCN. The van der Waals surface area contributed by atoms with Gasteiger partial charge in [0.05, 0.1) is 6.54 Å². The van der Waals surface area contributed by atoms with Crippen molar-refractivity contribution in [2.24, 2.45) is 5.73 Å². The summed E-state index contributed by atoms with van der Waals surface area (Å²) in [5, 5.41) is 6.49. The molecule has 0 radical (unpaired) electrons. The third kappa shape index (κ3) is 11.4. The Morgan fingerprint density at radius 2 is 1.69 bits per heavy atom. The molecule has 13 heavy (non-hydrogen) atoms. The number of hydrogen-bond donors (Lipinski definition) is 3. The van der Waals surface area contributed by atoms with Gasteiger partial charge in [0.15, 0.2) is 0 Å². The van der Waals surface area contributed by atoms with Gasteiger partial charge >= 0.3 is 0 Å². The number of terminal acetylenes is 1. The fourth-order valence-electron chi connectivity index (χ4n) is 1.02. The van der Waals surface area contributed by atoms with Gasteiger partial charge in [-0.2, -0.15) is 0 Å². The van der Waals surface area contributed by atoms with Crippen LogP contribution in [-0.4, -0.2) is 32.7 Å². The predicted octanol–water partition coefficient (Wildman–Crippen LogP) is -0.0722. The van der Waals surface area contributed by atoms with Crippen molar-refractivity contribution in [2.75, 3.05) is 32.7 Å². The van der Waals surface area contributed by atoms with E-state index in [9.17, 15) is 0 Å². The maximum absolute atomic E-state index is 5.37. The maximum Gasteiger partial charge on any atom is 0.0573 e. The summed E-state index contributed by atoms with van der Waals surface area (Å²) in [6.45, 7) is 4.60. The number of hydrogen-bond acceptors (Lipinski definition) is 3. The summed E-state index contributed by atoms with van der Waals surface area (Å²) in [6.07, 6.45) is 8.50. The summed E-state index contributed by atoms with van der Waals surface area (Å²) in [5.74, 6) is 2.54. The Hall–Kier alpha value is -0.560. The van der Waals surface area contributed by atoms with Crippen LogP contribution in [0.4, 0.5) is 0 Å². The highest BCUT2D eigenvalue weighted by atomic mass is 14.9. The number of unbranched alkanes of at least 4 members (excludes halogenated alkanes) is 1. The zero-order chi connectivity index (χ0) is 9.78. The van der Waals surface area contributed by atoms with Gasteiger partial charge in [-0.25, -0.2) is 0 Å². The Kier molecular flexibility index (Phi) is 10.9. The van der Waals surface area contributed by atoms with Crippen molar-refractivity contribution >= 4 is 0 Å². The van der Waals surface area contributed by atoms with Gasteiger partial charge in [-0.05, 0) is 45.4 Å². The largest absolute Gasteiger partial charge is 0.330 e. The lowest BCUT2D eigenvalue weighted by molar-refractivity contribution is 0.589. The molecule has 0 saturated carbocycles. The molecule has 3 heteroatoms. The topological polar surface area (TPSA) is 50.1 Å². The Morgan fingerprint density at radius 1 is 1.00 bits per heavy atom. The number of nitrogens with one attached hydrogen (secondary N) is 2. The van der Waals surface area contributed by atoms with E-state index < -0.39 is 0 Å². The highest BCUT2D eigenvalue weighted by molar-refractivity contribution is 4.86. The third-order valence-corrected chi connectivity index (χ3v) is 1.74. The van der Waals surface area contributed by atoms with Gasteiger partial charge in [-0.15, -0.1) is 6.42 Å². The first kappa shape index (κ1) is 12.4. The lowest BCUT2D eigenvalue weighted by Gasteiger charge is -2.03. The van der Waals surface area contributed by atoms with Crippen molar-refractivity contribution in [2.45, 2.75) is 19.3 Å². The first-order valence-electron chi connectivity index (χ1n) is 4.96. The van der Waals surface area contributed by atoms with Crippen LogP contribution in [0, 0.1) is 12.3 Å². The Balaban J connectivity index is 2.80. The van der Waals surface area contributed by atoms with Crippen LogP contribution in [-0.2, 0) is 0 Å². The molecule has 0 aromatic heterocycles. The highest BCUT2D eigenvalue weighted by Crippen LogP contribution is 1.82. The van der Waals surface area contributed by atoms with Crippen LogP contribution >= 0.6 is 0 Å². The summed E-state index contributed by atoms with van der Waals surface area (Å²) in [7, 11) is 0. The van der Waals surface area contributed by atoms with Crippen LogP contribution in [0.3, 0.4) is 0 Å². The molecule has 0 amide bonds. The summed E-state index contributed by atoms with van der Waals surface area (Å²) in [6, 6.07) is 0. The molecule has 0 aliphatic heterocycles. The lowest BCUT2D eigenvalue weighted by Crippen LogP contribution is -2.23. The second-order valence-corrected chi connectivity index (χ2v) is 2.98. The van der Waals surface area contributed by atoms with Gasteiger partial charge in [0, 0.05) is 0 Å². The Morgan fingerprint density at radius 3 is 2.38 bits per heavy atom. The van der Waals surface area contributed by atoms with E-state index in [1.54, 1.807) is 0 Å². The molecule has 0 heterocycles. The molecule has 0 unspecified atom stereocenters. The molecule has 0 fully saturated rings. The van der Waals surface area contributed by atoms with Gasteiger partial charge < -0.3 is 16.4 Å². The van der Waals surface area contributed by atoms with Gasteiger partial charge in [0.1, 0.15) is 0 Å². The minimum Gasteiger partial charge on any atom is -0.330 e. The first-order valence-corrected chi connectivity index (χ1v) is 4.96. The van der Waals surface area contributed by atoms with E-state index in [1.807, 2.05) is 0 Å². The average molecular weight is 183 g/mol. The maximum atomic E-state index is 5.37. The molecule has 0 aromatic rings. The number of nitrogens with two attached hydrogens (primary N) is 1. The number of rotatable bonds is 9. The minimum atomic E-state index is 0.674. The predicted molar refractivity (Wildman–Crippen MR) is 57.5 cm³/mol. The van der Waals surface area contributed by atoms with E-state index >= 15 is 0 Å². The molecular weight excluding hydrogens is 162 g/mol. The molecular formula is C10H21N3. The van der Waals surface area contributed by atoms with Crippen LogP contribution in [0.2, 0.25) is 0 Å². The Bertz CT molecular complexity index is 129. The van der Waals surface area contributed by atoms with E-state index in [0.717, 1.165) is 39.0 Å². The molecule has 0 spiro atoms. The van der Waals surface area contributed by atoms with Crippen molar-refractivity contribution < 1.29 is 0 Å². The van der Waals surface area contributed by atoms with Gasteiger partial charge in [-0.3, -0.25) is 0 Å². The van der Waals surface area contributed by atoms with Gasteiger partial charge in [0.25, 0.3) is 0 Å². The second kappa shape index (κ2) is 11.4. The fraction of sp³-hybridized carbons (Fsp3) is 0.800. The highest BCUT2D eigenvalue weighted by Gasteiger charge is 1.88. The zero-order valence-corrected chi connectivity index (χ0v) is 8.31. The summed E-state index contributed by atoms with van der Waals surface area (Å²) in [4.78, 5) is 0. The van der Waals surface area contributed by atoms with Crippen molar-refractivity contribution in [1.29, 1.82) is 0 Å². The molecule has 0 bridgehead atoms. The van der Waals surface area contributed by atoms with Crippen LogP contribution < -0.4 is 16.4 Å². The lowest BCUT2D eigenvalue weighted by atomic mass is 10.3. The van der Waals surface area contributed by atoms with Crippen molar-refractivity contribution in [3.63, 3.8) is 0 Å². The van der Waals surface area contributed by atoms with Crippen molar-refractivity contribution in [3.8, 4) is 12.3 Å². The molecule has 4 N–H and O–H groups in total. The summed E-state index contributed by atoms with van der Waals surface area (Å²) >= 11 is 0. The monoisotopic (exact) mass is 183 g/mol. The van der Waals surface area contributed by atoms with E-state index in [4.69, 9.17) is 12.2 Å². The molecule has 0 saturated heterocycles. The molecule has 0 aromatic carbocycles. The quantitative estimate of drug-likeness (QED) is 0.346. The summed E-state index contributed by atoms with van der Waals surface area (Å²) < 4.78 is 0. The fourth-order valence-corrected chi connectivity index (χ4v) is 1.02. The smallest absolute Gasteiger partial charge is 0.0573 e. The minimum absolute atomic E-state index is 0.674. The molecule has 0 aliphatic rings. The molecule has 0 aliphatic carbocycles. The van der Waals surface area contributed by atoms with E-state index in [1.165, 1.54) is 6.42 Å². The van der Waals surface area contributed by atoms with Gasteiger partial charge in [-0.1, -0.05) is 5.92 Å². The molecule has 3 nitrogen and oxygen atoms in total. The molecule has 0 atom stereocenters. The second-order valence-electron chi connectivity index (χ2n) is 2.98. The van der Waals surface area contributed by atoms with Crippen LogP contribution in [0.1, 0.15) is 19.3 Å². The van der Waals surface area contributed by atoms with Crippen LogP contribution in [0.25, 0.3) is 0 Å². The normalized spacial score (nSPS) is 9.85. The van der Waals surface area contributed by atoms with Crippen molar-refractivity contribution in [1.82, 2.24) is 10.6 Å². The van der Waals surface area contributed by atoms with Gasteiger partial charge in [0.2, 0.25) is 0 Å². The Labute approximate surface area is 81.5 Å². The van der Waals surface area contributed by atoms with E-state index in [-0.39, 0.29) is 0 Å². The summed E-state index contributed by atoms with van der Waals surface area (Å²) in [5.41, 5.74) is 5.37. The molecule has 76 valence electrons. The van der Waals surface area contributed by atoms with Crippen molar-refractivity contribution in [3.05, 3.63) is 0 Å². The zero-order valence-electron chi connectivity index (χ0n) is 8.31. The standard InChI is InChI=1S/C10H21N3/c1-2-7-12-9-5-10-13-8-4-3-6-11/h1,12-13H,3-11H2. The van der Waals surface area contributed by atoms with E-state index in [0.29, 0.717) is 6.54 Å². The average Bonchev–Trinajstić information content (AvgIpc) is 2.16. The van der Waals surface area contributed by atoms with Crippen LogP contribution in [0.5, 0.6) is 0 Å². The van der Waals surface area contributed by atoms with E-state index in [2.05, 4.69) is 16.6 Å². The van der Waals surface area contributed by atoms with Crippen LogP contribution in [0.15, 0.2) is 0 Å². The third-order valence-electron chi connectivity index (χ3n) is 1.74.